The van der Waals surface area contributed by atoms with Gasteiger partial charge in [-0.1, -0.05) is 12.1 Å². The van der Waals surface area contributed by atoms with Gasteiger partial charge < -0.3 is 14.2 Å². The SMILES string of the molecule is COC(=O)C=Cc1ccc(Oc2c(C=O)sc3cc(OC)ccc23)cc1. The minimum atomic E-state index is -0.416. The summed E-state index contributed by atoms with van der Waals surface area (Å²) in [6, 6.07) is 12.8. The summed E-state index contributed by atoms with van der Waals surface area (Å²) in [6.07, 6.45) is 3.79. The van der Waals surface area contributed by atoms with Crippen LogP contribution >= 0.6 is 11.3 Å². The van der Waals surface area contributed by atoms with E-state index in [4.69, 9.17) is 9.47 Å². The number of fused-ring (bicyclic) bond motifs is 1. The molecular weight excluding hydrogens is 352 g/mol. The molecule has 0 saturated carbocycles. The summed E-state index contributed by atoms with van der Waals surface area (Å²) < 4.78 is 16.6. The van der Waals surface area contributed by atoms with Crippen LogP contribution < -0.4 is 9.47 Å². The van der Waals surface area contributed by atoms with Crippen LogP contribution in [0.1, 0.15) is 15.2 Å². The van der Waals surface area contributed by atoms with E-state index in [1.165, 1.54) is 24.5 Å². The maximum absolute atomic E-state index is 11.4. The number of rotatable bonds is 6. The Kier molecular flexibility index (Phi) is 5.34. The summed E-state index contributed by atoms with van der Waals surface area (Å²) in [7, 11) is 2.93. The summed E-state index contributed by atoms with van der Waals surface area (Å²) in [5.74, 6) is 1.44. The first-order chi connectivity index (χ1) is 12.6. The van der Waals surface area contributed by atoms with E-state index in [0.717, 1.165) is 27.7 Å². The minimum Gasteiger partial charge on any atom is -0.497 e. The first-order valence-electron chi connectivity index (χ1n) is 7.74. The molecule has 0 aliphatic carbocycles. The Morgan fingerprint density at radius 3 is 2.42 bits per heavy atom. The van der Waals surface area contributed by atoms with Gasteiger partial charge in [0.05, 0.1) is 14.2 Å². The summed E-state index contributed by atoms with van der Waals surface area (Å²) in [5.41, 5.74) is 0.832. The molecule has 0 N–H and O–H groups in total. The number of benzene rings is 2. The van der Waals surface area contributed by atoms with Crippen molar-refractivity contribution in [2.75, 3.05) is 14.2 Å². The second-order valence-electron chi connectivity index (χ2n) is 5.30. The number of ether oxygens (including phenoxy) is 3. The van der Waals surface area contributed by atoms with E-state index >= 15 is 0 Å². The van der Waals surface area contributed by atoms with Gasteiger partial charge in [0.1, 0.15) is 16.4 Å². The number of thiophene rings is 1. The Morgan fingerprint density at radius 2 is 1.77 bits per heavy atom. The monoisotopic (exact) mass is 368 g/mol. The van der Waals surface area contributed by atoms with Crippen LogP contribution in [0.4, 0.5) is 0 Å². The number of carbonyl (C=O) groups is 2. The lowest BCUT2D eigenvalue weighted by Crippen LogP contribution is -1.93. The van der Waals surface area contributed by atoms with E-state index in [-0.39, 0.29) is 0 Å². The van der Waals surface area contributed by atoms with Crippen LogP contribution in [0.25, 0.3) is 16.2 Å². The van der Waals surface area contributed by atoms with Gasteiger partial charge in [0.25, 0.3) is 0 Å². The molecule has 0 radical (unpaired) electrons. The Hall–Kier alpha value is -3.12. The minimum absolute atomic E-state index is 0.416. The molecule has 0 atom stereocenters. The van der Waals surface area contributed by atoms with Gasteiger partial charge >= 0.3 is 5.97 Å². The maximum Gasteiger partial charge on any atom is 0.330 e. The number of hydrogen-bond donors (Lipinski definition) is 0. The highest BCUT2D eigenvalue weighted by molar-refractivity contribution is 7.21. The third kappa shape index (κ3) is 3.75. The highest BCUT2D eigenvalue weighted by atomic mass is 32.1. The number of hydrogen-bond acceptors (Lipinski definition) is 6. The van der Waals surface area contributed by atoms with Crippen molar-refractivity contribution in [3.05, 3.63) is 59.0 Å². The standard InChI is InChI=1S/C20H16O5S/c1-23-15-8-9-16-17(11-15)26-18(12-21)20(16)25-14-6-3-13(4-7-14)5-10-19(22)24-2/h3-12H,1-2H3. The summed E-state index contributed by atoms with van der Waals surface area (Å²) >= 11 is 1.35. The molecule has 1 heterocycles. The van der Waals surface area contributed by atoms with Gasteiger partial charge in [-0.15, -0.1) is 11.3 Å². The average molecular weight is 368 g/mol. The molecule has 0 unspecified atom stereocenters. The molecule has 3 rings (SSSR count). The molecule has 0 bridgehead atoms. The molecule has 5 nitrogen and oxygen atoms in total. The highest BCUT2D eigenvalue weighted by Crippen LogP contribution is 2.40. The second-order valence-corrected chi connectivity index (χ2v) is 6.39. The van der Waals surface area contributed by atoms with Crippen LogP contribution in [-0.2, 0) is 9.53 Å². The van der Waals surface area contributed by atoms with Crippen LogP contribution in [0.15, 0.2) is 48.5 Å². The zero-order valence-electron chi connectivity index (χ0n) is 14.2. The molecule has 6 heteroatoms. The molecule has 0 fully saturated rings. The topological polar surface area (TPSA) is 61.8 Å². The smallest absolute Gasteiger partial charge is 0.330 e. The Bertz CT molecular complexity index is 970. The van der Waals surface area contributed by atoms with Crippen molar-refractivity contribution in [2.45, 2.75) is 0 Å². The second kappa shape index (κ2) is 7.84. The van der Waals surface area contributed by atoms with E-state index in [1.54, 1.807) is 25.3 Å². The van der Waals surface area contributed by atoms with E-state index in [0.29, 0.717) is 16.4 Å². The highest BCUT2D eigenvalue weighted by Gasteiger charge is 2.14. The molecule has 0 saturated heterocycles. The molecule has 0 aliphatic heterocycles. The van der Waals surface area contributed by atoms with Crippen molar-refractivity contribution in [1.82, 2.24) is 0 Å². The molecular formula is C20H16O5S. The van der Waals surface area contributed by atoms with Gasteiger partial charge in [-0.05, 0) is 42.0 Å². The molecule has 1 aromatic heterocycles. The molecule has 2 aromatic carbocycles. The van der Waals surface area contributed by atoms with E-state index in [2.05, 4.69) is 4.74 Å². The van der Waals surface area contributed by atoms with Crippen LogP contribution in [-0.4, -0.2) is 26.5 Å². The first kappa shape index (κ1) is 17.7. The fourth-order valence-electron chi connectivity index (χ4n) is 2.38. The van der Waals surface area contributed by atoms with E-state index in [9.17, 15) is 9.59 Å². The lowest BCUT2D eigenvalue weighted by Gasteiger charge is -2.06. The van der Waals surface area contributed by atoms with E-state index in [1.807, 2.05) is 30.3 Å². The lowest BCUT2D eigenvalue weighted by molar-refractivity contribution is -0.134. The van der Waals surface area contributed by atoms with Crippen LogP contribution in [0.2, 0.25) is 0 Å². The third-order valence-electron chi connectivity index (χ3n) is 3.70. The maximum atomic E-state index is 11.4. The van der Waals surface area contributed by atoms with Gasteiger partial charge in [-0.2, -0.15) is 0 Å². The fourth-order valence-corrected chi connectivity index (χ4v) is 3.35. The first-order valence-corrected chi connectivity index (χ1v) is 8.56. The quantitative estimate of drug-likeness (QED) is 0.358. The van der Waals surface area contributed by atoms with Crippen molar-refractivity contribution >= 4 is 39.8 Å². The average Bonchev–Trinajstić information content (AvgIpc) is 3.03. The Balaban J connectivity index is 1.87. The third-order valence-corrected chi connectivity index (χ3v) is 4.76. The van der Waals surface area contributed by atoms with Crippen molar-refractivity contribution < 1.29 is 23.8 Å². The molecule has 132 valence electrons. The zero-order chi connectivity index (χ0) is 18.5. The van der Waals surface area contributed by atoms with Crippen molar-refractivity contribution in [3.8, 4) is 17.2 Å². The van der Waals surface area contributed by atoms with Crippen LogP contribution in [0, 0.1) is 0 Å². The largest absolute Gasteiger partial charge is 0.497 e. The van der Waals surface area contributed by atoms with Crippen LogP contribution in [0.3, 0.4) is 0 Å². The van der Waals surface area contributed by atoms with Gasteiger partial charge in [-0.25, -0.2) is 4.79 Å². The molecule has 26 heavy (non-hydrogen) atoms. The van der Waals surface area contributed by atoms with Crippen molar-refractivity contribution in [1.29, 1.82) is 0 Å². The molecule has 0 spiro atoms. The predicted molar refractivity (Wildman–Crippen MR) is 101 cm³/mol. The van der Waals surface area contributed by atoms with Crippen LogP contribution in [0.5, 0.6) is 17.2 Å². The number of esters is 1. The van der Waals surface area contributed by atoms with Crippen molar-refractivity contribution in [2.24, 2.45) is 0 Å². The summed E-state index contributed by atoms with van der Waals surface area (Å²) in [6.45, 7) is 0. The van der Waals surface area contributed by atoms with Gasteiger partial charge in [-0.3, -0.25) is 4.79 Å². The van der Waals surface area contributed by atoms with E-state index < -0.39 is 5.97 Å². The summed E-state index contributed by atoms with van der Waals surface area (Å²) in [5, 5.41) is 0.854. The Labute approximate surface area is 154 Å². The number of carbonyl (C=O) groups excluding carboxylic acids is 2. The normalized spacial score (nSPS) is 10.8. The zero-order valence-corrected chi connectivity index (χ0v) is 15.0. The van der Waals surface area contributed by atoms with Gasteiger partial charge in [0.15, 0.2) is 12.0 Å². The predicted octanol–water partition coefficient (Wildman–Crippen LogP) is 4.70. The Morgan fingerprint density at radius 1 is 1.04 bits per heavy atom. The molecule has 0 aliphatic rings. The number of aldehydes is 1. The van der Waals surface area contributed by atoms with Gasteiger partial charge in [0.2, 0.25) is 0 Å². The fraction of sp³-hybridized carbons (Fsp3) is 0.100. The lowest BCUT2D eigenvalue weighted by atomic mass is 10.2. The van der Waals surface area contributed by atoms with Crippen molar-refractivity contribution in [3.63, 3.8) is 0 Å². The number of methoxy groups -OCH3 is 2. The summed E-state index contributed by atoms with van der Waals surface area (Å²) in [4.78, 5) is 23.1. The van der Waals surface area contributed by atoms with Gasteiger partial charge in [0, 0.05) is 16.2 Å². The molecule has 0 amide bonds. The molecule has 3 aromatic rings.